The van der Waals surface area contributed by atoms with Crippen molar-refractivity contribution in [1.82, 2.24) is 10.9 Å². The molecule has 0 spiro atoms. The fraction of sp³-hybridized carbons (Fsp3) is 1.00. The lowest BCUT2D eigenvalue weighted by Gasteiger charge is -2.18. The summed E-state index contributed by atoms with van der Waals surface area (Å²) in [5.74, 6) is 0.838. The number of nitrogens with one attached hydrogen (secondary N) is 2. The summed E-state index contributed by atoms with van der Waals surface area (Å²) < 4.78 is 0. The molecule has 0 aliphatic carbocycles. The van der Waals surface area contributed by atoms with Crippen molar-refractivity contribution in [2.75, 3.05) is 0 Å². The normalized spacial score (nSPS) is 37.9. The smallest absolute Gasteiger partial charge is 0.0253 e. The first-order valence-corrected chi connectivity index (χ1v) is 4.84. The van der Waals surface area contributed by atoms with Crippen LogP contribution < -0.4 is 10.9 Å². The van der Waals surface area contributed by atoms with Gasteiger partial charge in [0.2, 0.25) is 0 Å². The Kier molecular flexibility index (Phi) is 3.34. The molecule has 2 atom stereocenters. The number of hydrogen-bond donors (Lipinski definition) is 2. The minimum Gasteiger partial charge on any atom is -0.254 e. The van der Waals surface area contributed by atoms with E-state index in [1.807, 2.05) is 0 Å². The SMILES string of the molecule is CCC1NNC(CC)C1CC. The molecule has 1 saturated heterocycles. The Balaban J connectivity index is 2.48. The Morgan fingerprint density at radius 3 is 1.55 bits per heavy atom. The zero-order valence-corrected chi connectivity index (χ0v) is 7.85. The third-order valence-electron chi connectivity index (χ3n) is 2.84. The first-order valence-electron chi connectivity index (χ1n) is 4.84. The first kappa shape index (κ1) is 9.01. The molecule has 2 unspecified atom stereocenters. The molecule has 0 bridgehead atoms. The molecule has 0 saturated carbocycles. The maximum atomic E-state index is 3.36. The minimum atomic E-state index is 0.699. The van der Waals surface area contributed by atoms with Crippen LogP contribution in [0.25, 0.3) is 0 Å². The molecule has 0 radical (unpaired) electrons. The topological polar surface area (TPSA) is 24.1 Å². The summed E-state index contributed by atoms with van der Waals surface area (Å²) in [5.41, 5.74) is 6.72. The van der Waals surface area contributed by atoms with E-state index >= 15 is 0 Å². The van der Waals surface area contributed by atoms with E-state index in [2.05, 4.69) is 31.6 Å². The molecular formula is C9H20N2. The Hall–Kier alpha value is -0.0800. The second-order valence-corrected chi connectivity index (χ2v) is 3.39. The van der Waals surface area contributed by atoms with Crippen molar-refractivity contribution in [3.8, 4) is 0 Å². The van der Waals surface area contributed by atoms with Gasteiger partial charge in [0.25, 0.3) is 0 Å². The van der Waals surface area contributed by atoms with Crippen molar-refractivity contribution < 1.29 is 0 Å². The molecule has 1 aliphatic rings. The molecule has 1 aliphatic heterocycles. The molecule has 1 fully saturated rings. The van der Waals surface area contributed by atoms with E-state index in [0.717, 1.165) is 5.92 Å². The maximum Gasteiger partial charge on any atom is 0.0253 e. The zero-order chi connectivity index (χ0) is 8.27. The molecule has 1 rings (SSSR count). The van der Waals surface area contributed by atoms with Crippen molar-refractivity contribution >= 4 is 0 Å². The lowest BCUT2D eigenvalue weighted by atomic mass is 9.89. The van der Waals surface area contributed by atoms with Gasteiger partial charge in [0, 0.05) is 12.1 Å². The van der Waals surface area contributed by atoms with Crippen molar-refractivity contribution in [3.05, 3.63) is 0 Å². The van der Waals surface area contributed by atoms with Gasteiger partial charge in [0.1, 0.15) is 0 Å². The maximum absolute atomic E-state index is 3.36. The van der Waals surface area contributed by atoms with E-state index in [-0.39, 0.29) is 0 Å². The summed E-state index contributed by atoms with van der Waals surface area (Å²) in [6, 6.07) is 1.40. The summed E-state index contributed by atoms with van der Waals surface area (Å²) in [6.45, 7) is 6.78. The van der Waals surface area contributed by atoms with Crippen LogP contribution in [0, 0.1) is 5.92 Å². The lowest BCUT2D eigenvalue weighted by molar-refractivity contribution is 0.383. The Morgan fingerprint density at radius 2 is 1.27 bits per heavy atom. The predicted molar refractivity (Wildman–Crippen MR) is 48.2 cm³/mol. The highest BCUT2D eigenvalue weighted by molar-refractivity contribution is 4.88. The van der Waals surface area contributed by atoms with Gasteiger partial charge in [-0.25, -0.2) is 0 Å². The van der Waals surface area contributed by atoms with Crippen LogP contribution in [0.2, 0.25) is 0 Å². The molecule has 11 heavy (non-hydrogen) atoms. The van der Waals surface area contributed by atoms with Crippen molar-refractivity contribution in [3.63, 3.8) is 0 Å². The van der Waals surface area contributed by atoms with Gasteiger partial charge in [0.05, 0.1) is 0 Å². The van der Waals surface area contributed by atoms with Crippen molar-refractivity contribution in [1.29, 1.82) is 0 Å². The Morgan fingerprint density at radius 1 is 0.818 bits per heavy atom. The average Bonchev–Trinajstić information content (AvgIpc) is 2.45. The second kappa shape index (κ2) is 4.07. The average molecular weight is 156 g/mol. The van der Waals surface area contributed by atoms with E-state index in [9.17, 15) is 0 Å². The number of hydrazine groups is 1. The molecular weight excluding hydrogens is 136 g/mol. The predicted octanol–water partition coefficient (Wildman–Crippen LogP) is 1.68. The van der Waals surface area contributed by atoms with Gasteiger partial charge in [-0.1, -0.05) is 27.2 Å². The van der Waals surface area contributed by atoms with Gasteiger partial charge < -0.3 is 0 Å². The van der Waals surface area contributed by atoms with Crippen LogP contribution in [0.4, 0.5) is 0 Å². The highest BCUT2D eigenvalue weighted by Crippen LogP contribution is 2.22. The van der Waals surface area contributed by atoms with E-state index in [1.54, 1.807) is 0 Å². The van der Waals surface area contributed by atoms with Gasteiger partial charge in [-0.3, -0.25) is 10.9 Å². The Bertz CT molecular complexity index is 102. The molecule has 0 aromatic heterocycles. The first-order chi connectivity index (χ1) is 5.33. The van der Waals surface area contributed by atoms with Gasteiger partial charge in [-0.2, -0.15) is 0 Å². The van der Waals surface area contributed by atoms with Gasteiger partial charge in [0.15, 0.2) is 0 Å². The number of rotatable bonds is 3. The fourth-order valence-electron chi connectivity index (χ4n) is 2.09. The standard InChI is InChI=1S/C9H20N2/c1-4-7-8(5-2)10-11-9(7)6-3/h7-11H,4-6H2,1-3H3. The van der Waals surface area contributed by atoms with Gasteiger partial charge in [-0.05, 0) is 18.8 Å². The summed E-state index contributed by atoms with van der Waals surface area (Å²) in [6.07, 6.45) is 3.76. The van der Waals surface area contributed by atoms with E-state index in [4.69, 9.17) is 0 Å². The van der Waals surface area contributed by atoms with E-state index < -0.39 is 0 Å². The number of hydrogen-bond acceptors (Lipinski definition) is 2. The minimum absolute atomic E-state index is 0.699. The van der Waals surface area contributed by atoms with Crippen LogP contribution in [0.5, 0.6) is 0 Å². The lowest BCUT2D eigenvalue weighted by Crippen LogP contribution is -2.32. The highest BCUT2D eigenvalue weighted by atomic mass is 15.4. The molecule has 66 valence electrons. The molecule has 0 aromatic rings. The third-order valence-corrected chi connectivity index (χ3v) is 2.84. The van der Waals surface area contributed by atoms with Crippen molar-refractivity contribution in [2.45, 2.75) is 52.1 Å². The molecule has 1 heterocycles. The van der Waals surface area contributed by atoms with Crippen LogP contribution in [-0.2, 0) is 0 Å². The van der Waals surface area contributed by atoms with Crippen LogP contribution in [0.1, 0.15) is 40.0 Å². The molecule has 0 aromatic carbocycles. The fourth-order valence-corrected chi connectivity index (χ4v) is 2.09. The van der Waals surface area contributed by atoms with Gasteiger partial charge in [-0.15, -0.1) is 0 Å². The highest BCUT2D eigenvalue weighted by Gasteiger charge is 2.31. The van der Waals surface area contributed by atoms with Crippen LogP contribution >= 0.6 is 0 Å². The van der Waals surface area contributed by atoms with Crippen LogP contribution in [0.3, 0.4) is 0 Å². The van der Waals surface area contributed by atoms with E-state index in [0.29, 0.717) is 12.1 Å². The molecule has 2 N–H and O–H groups in total. The molecule has 0 amide bonds. The summed E-state index contributed by atoms with van der Waals surface area (Å²) in [7, 11) is 0. The van der Waals surface area contributed by atoms with E-state index in [1.165, 1.54) is 19.3 Å². The third kappa shape index (κ3) is 1.74. The van der Waals surface area contributed by atoms with Crippen LogP contribution in [-0.4, -0.2) is 12.1 Å². The van der Waals surface area contributed by atoms with Crippen molar-refractivity contribution in [2.24, 2.45) is 5.92 Å². The largest absolute Gasteiger partial charge is 0.254 e. The summed E-state index contributed by atoms with van der Waals surface area (Å²) in [5, 5.41) is 0. The molecule has 2 nitrogen and oxygen atoms in total. The summed E-state index contributed by atoms with van der Waals surface area (Å²) in [4.78, 5) is 0. The summed E-state index contributed by atoms with van der Waals surface area (Å²) >= 11 is 0. The second-order valence-electron chi connectivity index (χ2n) is 3.39. The Labute approximate surface area is 69.7 Å². The van der Waals surface area contributed by atoms with Crippen LogP contribution in [0.15, 0.2) is 0 Å². The monoisotopic (exact) mass is 156 g/mol. The molecule has 2 heteroatoms. The van der Waals surface area contributed by atoms with Gasteiger partial charge >= 0.3 is 0 Å². The zero-order valence-electron chi connectivity index (χ0n) is 7.85. The quantitative estimate of drug-likeness (QED) is 0.649.